The third-order valence-electron chi connectivity index (χ3n) is 1.61. The molecule has 2 nitrogen and oxygen atoms in total. The SMILES string of the molecule is Cc1c(Br)cc(C#N)c(N)c1F. The molecule has 0 bridgehead atoms. The molecule has 0 saturated carbocycles. The number of halogens is 2. The fourth-order valence-corrected chi connectivity index (χ4v) is 1.23. The maximum absolute atomic E-state index is 13.1. The normalized spacial score (nSPS) is 9.50. The van der Waals surface area contributed by atoms with Gasteiger partial charge in [0, 0.05) is 10.0 Å². The van der Waals surface area contributed by atoms with Crippen LogP contribution >= 0.6 is 15.9 Å². The fraction of sp³-hybridized carbons (Fsp3) is 0.125. The maximum Gasteiger partial charge on any atom is 0.151 e. The molecule has 0 amide bonds. The number of nitrogen functional groups attached to an aromatic ring is 1. The summed E-state index contributed by atoms with van der Waals surface area (Å²) in [5.74, 6) is -0.527. The minimum absolute atomic E-state index is 0.0850. The number of nitriles is 1. The van der Waals surface area contributed by atoms with Crippen LogP contribution in [0.4, 0.5) is 10.1 Å². The lowest BCUT2D eigenvalue weighted by Gasteiger charge is -2.04. The van der Waals surface area contributed by atoms with E-state index in [2.05, 4.69) is 15.9 Å². The molecule has 2 N–H and O–H groups in total. The average Bonchev–Trinajstić information content (AvgIpc) is 2.08. The van der Waals surface area contributed by atoms with Crippen LogP contribution in [-0.2, 0) is 0 Å². The van der Waals surface area contributed by atoms with Crippen LogP contribution in [0.5, 0.6) is 0 Å². The van der Waals surface area contributed by atoms with E-state index in [0.717, 1.165) is 0 Å². The first-order chi connectivity index (χ1) is 5.57. The largest absolute Gasteiger partial charge is 0.395 e. The summed E-state index contributed by atoms with van der Waals surface area (Å²) < 4.78 is 13.7. The molecule has 0 aliphatic rings. The number of hydrogen-bond donors (Lipinski definition) is 1. The molecular weight excluding hydrogens is 223 g/mol. The van der Waals surface area contributed by atoms with Crippen molar-refractivity contribution in [2.45, 2.75) is 6.92 Å². The highest BCUT2D eigenvalue weighted by molar-refractivity contribution is 9.10. The van der Waals surface area contributed by atoms with Crippen LogP contribution in [0.2, 0.25) is 0 Å². The Labute approximate surface area is 77.9 Å². The number of anilines is 1. The number of nitrogens with two attached hydrogens (primary N) is 1. The Morgan fingerprint density at radius 1 is 1.67 bits per heavy atom. The molecule has 62 valence electrons. The van der Waals surface area contributed by atoms with Crippen LogP contribution in [0.15, 0.2) is 10.5 Å². The van der Waals surface area contributed by atoms with E-state index in [1.165, 1.54) is 6.07 Å². The second-order valence-electron chi connectivity index (χ2n) is 2.37. The molecule has 4 heteroatoms. The molecule has 0 aliphatic heterocycles. The van der Waals surface area contributed by atoms with Gasteiger partial charge in [-0.2, -0.15) is 5.26 Å². The number of rotatable bonds is 0. The van der Waals surface area contributed by atoms with E-state index in [1.54, 1.807) is 6.92 Å². The van der Waals surface area contributed by atoms with Gasteiger partial charge in [0.2, 0.25) is 0 Å². The first-order valence-corrected chi connectivity index (χ1v) is 4.01. The highest BCUT2D eigenvalue weighted by Gasteiger charge is 2.10. The molecule has 0 heterocycles. The highest BCUT2D eigenvalue weighted by Crippen LogP contribution is 2.26. The zero-order chi connectivity index (χ0) is 9.30. The molecule has 1 rings (SSSR count). The standard InChI is InChI=1S/C8H6BrFN2/c1-4-6(9)2-5(3-11)8(12)7(4)10/h2H,12H2,1H3. The first kappa shape index (κ1) is 9.01. The van der Waals surface area contributed by atoms with Crippen molar-refractivity contribution in [1.29, 1.82) is 5.26 Å². The zero-order valence-electron chi connectivity index (χ0n) is 6.36. The Morgan fingerprint density at radius 2 is 2.25 bits per heavy atom. The summed E-state index contributed by atoms with van der Waals surface area (Å²) in [7, 11) is 0. The molecule has 0 atom stereocenters. The smallest absolute Gasteiger partial charge is 0.151 e. The van der Waals surface area contributed by atoms with E-state index in [9.17, 15) is 4.39 Å². The molecule has 12 heavy (non-hydrogen) atoms. The monoisotopic (exact) mass is 228 g/mol. The van der Waals surface area contributed by atoms with Crippen molar-refractivity contribution >= 4 is 21.6 Å². The van der Waals surface area contributed by atoms with Gasteiger partial charge in [0.1, 0.15) is 6.07 Å². The second kappa shape index (κ2) is 3.11. The van der Waals surface area contributed by atoms with E-state index in [4.69, 9.17) is 11.0 Å². The van der Waals surface area contributed by atoms with Crippen molar-refractivity contribution in [3.63, 3.8) is 0 Å². The quantitative estimate of drug-likeness (QED) is 0.694. The van der Waals surface area contributed by atoms with Gasteiger partial charge < -0.3 is 5.73 Å². The summed E-state index contributed by atoms with van der Waals surface area (Å²) in [5, 5.41) is 8.54. The van der Waals surface area contributed by atoms with Crippen molar-refractivity contribution in [2.75, 3.05) is 5.73 Å². The van der Waals surface area contributed by atoms with Gasteiger partial charge in [-0.1, -0.05) is 15.9 Å². The second-order valence-corrected chi connectivity index (χ2v) is 3.22. The van der Waals surface area contributed by atoms with Gasteiger partial charge in [0.25, 0.3) is 0 Å². The third-order valence-corrected chi connectivity index (χ3v) is 2.43. The fourth-order valence-electron chi connectivity index (χ4n) is 0.830. The van der Waals surface area contributed by atoms with Gasteiger partial charge in [0.15, 0.2) is 5.82 Å². The molecule has 1 aromatic rings. The van der Waals surface area contributed by atoms with E-state index >= 15 is 0 Å². The molecule has 0 aliphatic carbocycles. The minimum atomic E-state index is -0.527. The Hall–Kier alpha value is -1.08. The van der Waals surface area contributed by atoms with Crippen molar-refractivity contribution in [2.24, 2.45) is 0 Å². The lowest BCUT2D eigenvalue weighted by atomic mass is 10.1. The third kappa shape index (κ3) is 1.28. The predicted molar refractivity (Wildman–Crippen MR) is 48.0 cm³/mol. The molecule has 0 radical (unpaired) electrons. The molecule has 0 spiro atoms. The van der Waals surface area contributed by atoms with Crippen molar-refractivity contribution < 1.29 is 4.39 Å². The van der Waals surface area contributed by atoms with E-state index in [1.807, 2.05) is 6.07 Å². The Bertz CT molecular complexity index is 368. The molecule has 1 aromatic carbocycles. The summed E-state index contributed by atoms with van der Waals surface area (Å²) in [5.41, 5.74) is 5.84. The minimum Gasteiger partial charge on any atom is -0.395 e. The van der Waals surface area contributed by atoms with Crippen LogP contribution in [0.1, 0.15) is 11.1 Å². The Morgan fingerprint density at radius 3 is 2.75 bits per heavy atom. The Balaban J connectivity index is 3.52. The topological polar surface area (TPSA) is 49.8 Å². The average molecular weight is 229 g/mol. The van der Waals surface area contributed by atoms with E-state index in [-0.39, 0.29) is 11.3 Å². The predicted octanol–water partition coefficient (Wildman–Crippen LogP) is 2.35. The molecular formula is C8H6BrFN2. The Kier molecular flexibility index (Phi) is 2.34. The van der Waals surface area contributed by atoms with Crippen LogP contribution in [-0.4, -0.2) is 0 Å². The molecule has 0 unspecified atom stereocenters. The van der Waals surface area contributed by atoms with E-state index < -0.39 is 5.82 Å². The van der Waals surface area contributed by atoms with Gasteiger partial charge in [-0.15, -0.1) is 0 Å². The van der Waals surface area contributed by atoms with Crippen molar-refractivity contribution in [3.05, 3.63) is 27.5 Å². The van der Waals surface area contributed by atoms with Crippen LogP contribution in [0, 0.1) is 24.1 Å². The van der Waals surface area contributed by atoms with Gasteiger partial charge in [-0.25, -0.2) is 4.39 Å². The lowest BCUT2D eigenvalue weighted by molar-refractivity contribution is 0.621. The highest BCUT2D eigenvalue weighted by atomic mass is 79.9. The van der Waals surface area contributed by atoms with Crippen LogP contribution in [0.3, 0.4) is 0 Å². The van der Waals surface area contributed by atoms with Crippen molar-refractivity contribution in [1.82, 2.24) is 0 Å². The van der Waals surface area contributed by atoms with Gasteiger partial charge in [-0.3, -0.25) is 0 Å². The summed E-state index contributed by atoms with van der Waals surface area (Å²) in [6.07, 6.45) is 0. The molecule has 0 fully saturated rings. The van der Waals surface area contributed by atoms with Gasteiger partial charge >= 0.3 is 0 Å². The van der Waals surface area contributed by atoms with Crippen LogP contribution in [0.25, 0.3) is 0 Å². The van der Waals surface area contributed by atoms with Crippen molar-refractivity contribution in [3.8, 4) is 6.07 Å². The molecule has 0 aromatic heterocycles. The number of hydrogen-bond acceptors (Lipinski definition) is 2. The number of benzene rings is 1. The zero-order valence-corrected chi connectivity index (χ0v) is 7.94. The van der Waals surface area contributed by atoms with E-state index in [0.29, 0.717) is 10.0 Å². The lowest BCUT2D eigenvalue weighted by Crippen LogP contribution is -1.98. The summed E-state index contributed by atoms with van der Waals surface area (Å²) in [4.78, 5) is 0. The number of nitrogens with zero attached hydrogens (tertiary/aromatic N) is 1. The van der Waals surface area contributed by atoms with Gasteiger partial charge in [0.05, 0.1) is 11.3 Å². The summed E-state index contributed by atoms with van der Waals surface area (Å²) >= 11 is 3.13. The van der Waals surface area contributed by atoms with Gasteiger partial charge in [-0.05, 0) is 13.0 Å². The van der Waals surface area contributed by atoms with Crippen LogP contribution < -0.4 is 5.73 Å². The molecule has 0 saturated heterocycles. The first-order valence-electron chi connectivity index (χ1n) is 3.22. The summed E-state index contributed by atoms with van der Waals surface area (Å²) in [6.45, 7) is 1.59. The summed E-state index contributed by atoms with van der Waals surface area (Å²) in [6, 6.07) is 3.32. The maximum atomic E-state index is 13.1.